The molecule has 2 aliphatic rings. The van der Waals surface area contributed by atoms with E-state index in [1.807, 2.05) is 49.4 Å². The summed E-state index contributed by atoms with van der Waals surface area (Å²) in [6, 6.07) is 21.7. The van der Waals surface area contributed by atoms with Crippen LogP contribution in [0.15, 0.2) is 95.9 Å². The molecule has 20 heteroatoms. The van der Waals surface area contributed by atoms with Gasteiger partial charge in [-0.25, -0.2) is 0 Å². The highest BCUT2D eigenvalue weighted by molar-refractivity contribution is 6.36. The minimum atomic E-state index is -0.367. The highest BCUT2D eigenvalue weighted by atomic mass is 35.5. The summed E-state index contributed by atoms with van der Waals surface area (Å²) in [5, 5.41) is 19.8. The average molecular weight is 939 g/mol. The van der Waals surface area contributed by atoms with Crippen LogP contribution in [-0.4, -0.2) is 103 Å². The van der Waals surface area contributed by atoms with Crippen LogP contribution < -0.4 is 32.3 Å². The van der Waals surface area contributed by atoms with E-state index in [4.69, 9.17) is 26.5 Å². The maximum Gasteiger partial charge on any atom is 0.274 e. The van der Waals surface area contributed by atoms with Crippen molar-refractivity contribution in [1.82, 2.24) is 50.1 Å². The predicted molar refractivity (Wildman–Crippen MR) is 257 cm³/mol. The van der Waals surface area contributed by atoms with Gasteiger partial charge in [0.1, 0.15) is 11.4 Å². The Morgan fingerprint density at radius 2 is 1.53 bits per heavy atom. The molecule has 2 fully saturated rings. The van der Waals surface area contributed by atoms with Crippen LogP contribution in [-0.2, 0) is 22.6 Å². The summed E-state index contributed by atoms with van der Waals surface area (Å²) in [6.45, 7) is 8.45. The third kappa shape index (κ3) is 10.8. The first-order valence-corrected chi connectivity index (χ1v) is 22.8. The first kappa shape index (κ1) is 45.8. The molecule has 2 saturated heterocycles. The summed E-state index contributed by atoms with van der Waals surface area (Å²) in [7, 11) is 0. The lowest BCUT2D eigenvalue weighted by molar-refractivity contribution is -0.121. The molecule has 0 unspecified atom stereocenters. The molecule has 7 heterocycles. The summed E-state index contributed by atoms with van der Waals surface area (Å²) in [5.74, 6) is 0.696. The summed E-state index contributed by atoms with van der Waals surface area (Å²) in [4.78, 5) is 63.3. The van der Waals surface area contributed by atoms with E-state index in [0.717, 1.165) is 67.9 Å². The van der Waals surface area contributed by atoms with Gasteiger partial charge in [-0.1, -0.05) is 48.0 Å². The third-order valence-electron chi connectivity index (χ3n) is 12.1. The minimum absolute atomic E-state index is 0.0835. The van der Waals surface area contributed by atoms with Gasteiger partial charge in [0, 0.05) is 94.5 Å². The molecule has 3 amide bonds. The van der Waals surface area contributed by atoms with E-state index in [1.165, 1.54) is 10.8 Å². The van der Waals surface area contributed by atoms with Gasteiger partial charge in [-0.05, 0) is 84.8 Å². The van der Waals surface area contributed by atoms with E-state index in [9.17, 15) is 14.4 Å². The van der Waals surface area contributed by atoms with Crippen molar-refractivity contribution >= 4 is 58.4 Å². The number of rotatable bonds is 18. The number of nitrogens with zero attached hydrogens (tertiary/aromatic N) is 8. The Labute approximate surface area is 396 Å². The van der Waals surface area contributed by atoms with Crippen molar-refractivity contribution in [2.75, 3.05) is 67.6 Å². The van der Waals surface area contributed by atoms with Crippen LogP contribution in [0.5, 0.6) is 0 Å². The number of nitrogens with one attached hydrogen (secondary N) is 5. The average Bonchev–Trinajstić information content (AvgIpc) is 4.04. The quantitative estimate of drug-likeness (QED) is 0.0541. The molecule has 0 atom stereocenters. The molecule has 68 heavy (non-hydrogen) atoms. The summed E-state index contributed by atoms with van der Waals surface area (Å²) in [5.41, 5.74) is 12.3. The number of halogens is 1. The van der Waals surface area contributed by atoms with E-state index in [0.29, 0.717) is 83.7 Å². The largest absolute Gasteiger partial charge is 0.461 e. The Hall–Kier alpha value is -7.32. The third-order valence-corrected chi connectivity index (χ3v) is 12.5. The number of hydrogen-bond donors (Lipinski definition) is 6. The maximum atomic E-state index is 13.3. The number of fused-ring (bicyclic) bond motifs is 1. The number of carbonyl (C=O) groups is 3. The SMILES string of the molecule is Cc1c(NC(=O)c2ccc(CNCCNC(=O)CCCNc3nc(N)n4nc(-c5ccco5)nc4n3)cn2)cccc1-c1cccc(NC(=O)c2ccc(CN3CC4(CCOCC4)C3)cn2)c1Cl. The van der Waals surface area contributed by atoms with Crippen LogP contribution >= 0.6 is 11.6 Å². The molecule has 0 radical (unpaired) electrons. The molecular weight excluding hydrogens is 888 g/mol. The van der Waals surface area contributed by atoms with Gasteiger partial charge < -0.3 is 41.5 Å². The van der Waals surface area contributed by atoms with Crippen LogP contribution in [0.1, 0.15) is 63.4 Å². The van der Waals surface area contributed by atoms with Crippen molar-refractivity contribution in [1.29, 1.82) is 0 Å². The molecule has 5 aromatic heterocycles. The zero-order chi connectivity index (χ0) is 47.0. The lowest BCUT2D eigenvalue weighted by atomic mass is 9.73. The summed E-state index contributed by atoms with van der Waals surface area (Å²) >= 11 is 6.93. The number of likely N-dealkylation sites (tertiary alicyclic amines) is 1. The second kappa shape index (κ2) is 20.7. The van der Waals surface area contributed by atoms with Crippen molar-refractivity contribution in [3.8, 4) is 22.7 Å². The number of hydrogen-bond acceptors (Lipinski definition) is 15. The fourth-order valence-electron chi connectivity index (χ4n) is 8.44. The molecule has 2 aromatic carbocycles. The van der Waals surface area contributed by atoms with Gasteiger partial charge in [-0.3, -0.25) is 29.3 Å². The molecule has 7 N–H and O–H groups in total. The zero-order valence-corrected chi connectivity index (χ0v) is 38.2. The van der Waals surface area contributed by atoms with E-state index in [-0.39, 0.29) is 41.1 Å². The van der Waals surface area contributed by atoms with E-state index >= 15 is 0 Å². The highest BCUT2D eigenvalue weighted by Crippen LogP contribution is 2.41. The van der Waals surface area contributed by atoms with Crippen LogP contribution in [0.3, 0.4) is 0 Å². The van der Waals surface area contributed by atoms with Crippen molar-refractivity contribution in [2.45, 2.75) is 45.7 Å². The van der Waals surface area contributed by atoms with Gasteiger partial charge in [-0.2, -0.15) is 19.5 Å². The van der Waals surface area contributed by atoms with E-state index in [1.54, 1.807) is 42.7 Å². The number of nitrogens with two attached hydrogens (primary N) is 1. The zero-order valence-electron chi connectivity index (χ0n) is 37.4. The number of amides is 3. The Morgan fingerprint density at radius 1 is 0.809 bits per heavy atom. The molecule has 0 saturated carbocycles. The number of aromatic nitrogens is 7. The topological polar surface area (TPSA) is 245 Å². The molecule has 7 aromatic rings. The first-order valence-electron chi connectivity index (χ1n) is 22.5. The van der Waals surface area contributed by atoms with Crippen LogP contribution in [0, 0.1) is 12.3 Å². The molecule has 19 nitrogen and oxygen atoms in total. The van der Waals surface area contributed by atoms with Crippen molar-refractivity contribution in [3.05, 3.63) is 125 Å². The van der Waals surface area contributed by atoms with Crippen molar-refractivity contribution in [2.24, 2.45) is 5.41 Å². The Bertz CT molecular complexity index is 2900. The van der Waals surface area contributed by atoms with Crippen LogP contribution in [0.4, 0.5) is 23.3 Å². The molecule has 350 valence electrons. The Kier molecular flexibility index (Phi) is 13.9. The summed E-state index contributed by atoms with van der Waals surface area (Å²) < 4.78 is 12.2. The molecule has 2 aliphatic heterocycles. The number of nitrogen functional groups attached to an aromatic ring is 1. The molecule has 0 aliphatic carbocycles. The lowest BCUT2D eigenvalue weighted by Gasteiger charge is -2.52. The second-order valence-electron chi connectivity index (χ2n) is 17.0. The van der Waals surface area contributed by atoms with Crippen LogP contribution in [0.25, 0.3) is 28.5 Å². The number of furan rings is 1. The smallest absolute Gasteiger partial charge is 0.274 e. The highest BCUT2D eigenvalue weighted by Gasteiger charge is 2.43. The van der Waals surface area contributed by atoms with E-state index < -0.39 is 0 Å². The number of benzene rings is 2. The van der Waals surface area contributed by atoms with Crippen molar-refractivity contribution < 1.29 is 23.5 Å². The molecular formula is C48H51ClN14O5. The Morgan fingerprint density at radius 3 is 2.25 bits per heavy atom. The number of ether oxygens (including phenoxy) is 1. The van der Waals surface area contributed by atoms with Gasteiger partial charge in [0.2, 0.25) is 23.6 Å². The van der Waals surface area contributed by atoms with Gasteiger partial charge in [-0.15, -0.1) is 5.10 Å². The number of anilines is 4. The van der Waals surface area contributed by atoms with Crippen molar-refractivity contribution in [3.63, 3.8) is 0 Å². The van der Waals surface area contributed by atoms with Gasteiger partial charge in [0.05, 0.1) is 17.0 Å². The van der Waals surface area contributed by atoms with Gasteiger partial charge in [0.15, 0.2) is 5.76 Å². The van der Waals surface area contributed by atoms with Gasteiger partial charge >= 0.3 is 0 Å². The van der Waals surface area contributed by atoms with Gasteiger partial charge in [0.25, 0.3) is 17.6 Å². The standard InChI is InChI=1S/C48H51ClN14O5/c1-30-33(34-7-3-9-36(41(34)49)57-44(66)38-15-13-32(26-55-38)27-62-28-48(29-62)16-22-67-23-17-48)6-2-8-35(30)56-43(65)37-14-12-31(25-54-37)24-51-19-20-52-40(64)11-4-18-53-46-59-45(50)63-47(60-46)58-42(61-63)39-10-5-21-68-39/h2-3,5-10,12-15,21,25-26,51H,4,11,16-20,22-24,27-29H2,1H3,(H,52,64)(H,56,65)(H,57,66)(H3,50,53,58,59,60,61). The fraction of sp³-hybridized carbons (Fsp3) is 0.312. The monoisotopic (exact) mass is 938 g/mol. The molecule has 0 bridgehead atoms. The normalized spacial score (nSPS) is 14.4. The maximum absolute atomic E-state index is 13.3. The fourth-order valence-corrected chi connectivity index (χ4v) is 8.71. The molecule has 1 spiro atoms. The second-order valence-corrected chi connectivity index (χ2v) is 17.4. The molecule has 9 rings (SSSR count). The Balaban J connectivity index is 0.694. The minimum Gasteiger partial charge on any atom is -0.461 e. The van der Waals surface area contributed by atoms with E-state index in [2.05, 4.69) is 61.5 Å². The first-order chi connectivity index (χ1) is 33.1. The van der Waals surface area contributed by atoms with Crippen LogP contribution in [0.2, 0.25) is 5.02 Å². The summed E-state index contributed by atoms with van der Waals surface area (Å²) in [6.07, 6.45) is 8.03. The predicted octanol–water partition coefficient (Wildman–Crippen LogP) is 6.00. The lowest BCUT2D eigenvalue weighted by Crippen LogP contribution is -2.57. The number of carbonyl (C=O) groups excluding carboxylic acids is 3. The number of pyridine rings is 2.